The Hall–Kier alpha value is -3.41. The van der Waals surface area contributed by atoms with E-state index in [0.29, 0.717) is 11.2 Å². The van der Waals surface area contributed by atoms with Crippen molar-refractivity contribution in [3.05, 3.63) is 60.7 Å². The van der Waals surface area contributed by atoms with Crippen molar-refractivity contribution >= 4 is 26.6 Å². The molecule has 4 rings (SSSR count). The molecule has 0 aliphatic heterocycles. The summed E-state index contributed by atoms with van der Waals surface area (Å²) in [5.74, 6) is -0.150. The molecule has 3 heterocycles. The van der Waals surface area contributed by atoms with Crippen molar-refractivity contribution in [2.75, 3.05) is 11.4 Å². The van der Waals surface area contributed by atoms with E-state index in [1.807, 2.05) is 6.07 Å². The Morgan fingerprint density at radius 1 is 1.10 bits per heavy atom. The smallest absolute Gasteiger partial charge is 0.267 e. The third-order valence-corrected chi connectivity index (χ3v) is 6.33. The fraction of sp³-hybridized carbons (Fsp3) is 0.167. The van der Waals surface area contributed by atoms with Crippen LogP contribution in [0.3, 0.4) is 0 Å². The first-order valence-corrected chi connectivity index (χ1v) is 10.0. The van der Waals surface area contributed by atoms with Crippen LogP contribution in [0, 0.1) is 0 Å². The summed E-state index contributed by atoms with van der Waals surface area (Å²) in [7, 11) is -0.961. The molecule has 0 saturated carbocycles. The van der Waals surface area contributed by atoms with E-state index < -0.39 is 21.8 Å². The van der Waals surface area contributed by atoms with Crippen molar-refractivity contribution in [2.45, 2.75) is 11.1 Å². The molecule has 0 amide bonds. The van der Waals surface area contributed by atoms with Crippen LogP contribution >= 0.6 is 0 Å². The maximum Gasteiger partial charge on any atom is 0.416 e. The van der Waals surface area contributed by atoms with Crippen molar-refractivity contribution in [1.29, 1.82) is 0 Å². The van der Waals surface area contributed by atoms with Crippen LogP contribution < -0.4 is 4.31 Å². The van der Waals surface area contributed by atoms with Crippen LogP contribution in [0.2, 0.25) is 0 Å². The number of pyridine rings is 1. The Kier molecular flexibility index (Phi) is 4.53. The number of rotatable bonds is 4. The first-order chi connectivity index (χ1) is 14.1. The van der Waals surface area contributed by atoms with Gasteiger partial charge in [0.15, 0.2) is 5.82 Å². The second-order valence-corrected chi connectivity index (χ2v) is 8.45. The molecule has 0 spiro atoms. The number of halogens is 3. The summed E-state index contributed by atoms with van der Waals surface area (Å²) in [5, 5.41) is 8.79. The Bertz CT molecular complexity index is 1340. The minimum absolute atomic E-state index is 0.150. The Labute approximate surface area is 169 Å². The van der Waals surface area contributed by atoms with Gasteiger partial charge in [-0.2, -0.15) is 23.4 Å². The Morgan fingerprint density at radius 3 is 2.60 bits per heavy atom. The number of hydrogen-bond donors (Lipinski definition) is 0. The lowest BCUT2D eigenvalue weighted by molar-refractivity contribution is -0.137. The van der Waals surface area contributed by atoms with E-state index in [4.69, 9.17) is 0 Å². The zero-order valence-electron chi connectivity index (χ0n) is 15.7. The number of aryl methyl sites for hydroxylation is 1. The van der Waals surface area contributed by atoms with Crippen LogP contribution in [0.15, 0.2) is 60.0 Å². The van der Waals surface area contributed by atoms with Gasteiger partial charge in [0.2, 0.25) is 0 Å². The van der Waals surface area contributed by atoms with Gasteiger partial charge in [0, 0.05) is 25.7 Å². The number of aromatic nitrogens is 5. The second-order valence-electron chi connectivity index (χ2n) is 6.48. The number of nitrogens with zero attached hydrogens (tertiary/aromatic N) is 6. The molecule has 0 fully saturated rings. The molecule has 3 aromatic heterocycles. The molecule has 0 aliphatic carbocycles. The number of anilines is 1. The summed E-state index contributed by atoms with van der Waals surface area (Å²) < 4.78 is 68.7. The molecule has 1 aromatic carbocycles. The monoisotopic (exact) mass is 436 g/mol. The van der Waals surface area contributed by atoms with E-state index in [1.165, 1.54) is 7.05 Å². The van der Waals surface area contributed by atoms with Crippen molar-refractivity contribution in [3.63, 3.8) is 0 Å². The predicted octanol–water partition coefficient (Wildman–Crippen LogP) is 3.00. The van der Waals surface area contributed by atoms with Crippen molar-refractivity contribution in [2.24, 2.45) is 7.05 Å². The average Bonchev–Trinajstić information content (AvgIpc) is 3.35. The van der Waals surface area contributed by atoms with Crippen LogP contribution in [-0.2, 0) is 23.2 Å². The van der Waals surface area contributed by atoms with E-state index in [1.54, 1.807) is 30.1 Å². The summed E-state index contributed by atoms with van der Waals surface area (Å²) in [4.78, 5) is 3.66. The molecule has 0 atom stereocenters. The number of sulfonamides is 1. The average molecular weight is 436 g/mol. The zero-order valence-corrected chi connectivity index (χ0v) is 16.6. The number of fused-ring (bicyclic) bond motifs is 1. The summed E-state index contributed by atoms with van der Waals surface area (Å²) in [6, 6.07) is 6.78. The molecule has 156 valence electrons. The Morgan fingerprint density at radius 2 is 1.87 bits per heavy atom. The fourth-order valence-corrected chi connectivity index (χ4v) is 4.17. The minimum atomic E-state index is -4.55. The SMILES string of the molecule is CN(c1cccc2cnn(C)c12)S(=O)(=O)c1cnn(-c2cc(C(F)(F)F)ccn2)c1. The van der Waals surface area contributed by atoms with Crippen LogP contribution in [0.5, 0.6) is 0 Å². The molecular formula is C18H15F3N6O2S. The van der Waals surface area contributed by atoms with Crippen molar-refractivity contribution < 1.29 is 21.6 Å². The molecule has 0 radical (unpaired) electrons. The van der Waals surface area contributed by atoms with Crippen molar-refractivity contribution in [3.8, 4) is 5.82 Å². The third kappa shape index (κ3) is 3.28. The third-order valence-electron chi connectivity index (χ3n) is 4.60. The number of alkyl halides is 3. The quantitative estimate of drug-likeness (QED) is 0.491. The lowest BCUT2D eigenvalue weighted by Gasteiger charge is -2.19. The predicted molar refractivity (Wildman–Crippen MR) is 103 cm³/mol. The van der Waals surface area contributed by atoms with E-state index in [2.05, 4.69) is 15.2 Å². The topological polar surface area (TPSA) is 85.9 Å². The van der Waals surface area contributed by atoms with Crippen LogP contribution in [-0.4, -0.2) is 40.0 Å². The zero-order chi connectivity index (χ0) is 21.7. The lowest BCUT2D eigenvalue weighted by Crippen LogP contribution is -2.26. The number of benzene rings is 1. The van der Waals surface area contributed by atoms with Gasteiger partial charge in [-0.1, -0.05) is 12.1 Å². The van der Waals surface area contributed by atoms with Gasteiger partial charge in [-0.25, -0.2) is 18.1 Å². The van der Waals surface area contributed by atoms with Crippen LogP contribution in [0.25, 0.3) is 16.7 Å². The number of para-hydroxylation sites is 1. The van der Waals surface area contributed by atoms with E-state index in [-0.39, 0.29) is 10.7 Å². The summed E-state index contributed by atoms with van der Waals surface area (Å²) in [6.07, 6.45) is 0.247. The minimum Gasteiger partial charge on any atom is -0.267 e. The first-order valence-electron chi connectivity index (χ1n) is 8.57. The summed E-state index contributed by atoms with van der Waals surface area (Å²) in [6.45, 7) is 0. The standard InChI is InChI=1S/C18H15F3N6O2S/c1-25-17-12(9-23-25)4-3-5-15(17)26(2)30(28,29)14-10-24-27(11-14)16-8-13(6-7-22-16)18(19,20)21/h3-11H,1-2H3. The van der Waals surface area contributed by atoms with Gasteiger partial charge in [-0.05, 0) is 18.2 Å². The molecule has 0 unspecified atom stereocenters. The molecule has 0 bridgehead atoms. The van der Waals surface area contributed by atoms with Gasteiger partial charge >= 0.3 is 6.18 Å². The van der Waals surface area contributed by atoms with Gasteiger partial charge < -0.3 is 0 Å². The first kappa shape index (κ1) is 19.9. The molecular weight excluding hydrogens is 421 g/mol. The normalized spacial score (nSPS) is 12.4. The van der Waals surface area contributed by atoms with Gasteiger partial charge in [0.25, 0.3) is 10.0 Å². The highest BCUT2D eigenvalue weighted by Crippen LogP contribution is 2.31. The van der Waals surface area contributed by atoms with Gasteiger partial charge in [-0.3, -0.25) is 8.99 Å². The lowest BCUT2D eigenvalue weighted by atomic mass is 10.2. The largest absolute Gasteiger partial charge is 0.416 e. The molecule has 8 nitrogen and oxygen atoms in total. The van der Waals surface area contributed by atoms with E-state index in [9.17, 15) is 21.6 Å². The maximum absolute atomic E-state index is 13.1. The summed E-state index contributed by atoms with van der Waals surface area (Å²) in [5.41, 5.74) is 0.111. The summed E-state index contributed by atoms with van der Waals surface area (Å²) >= 11 is 0. The van der Waals surface area contributed by atoms with Crippen LogP contribution in [0.1, 0.15) is 5.56 Å². The van der Waals surface area contributed by atoms with E-state index >= 15 is 0 Å². The number of hydrogen-bond acceptors (Lipinski definition) is 5. The highest BCUT2D eigenvalue weighted by molar-refractivity contribution is 7.92. The van der Waals surface area contributed by atoms with Gasteiger partial charge in [0.1, 0.15) is 4.90 Å². The second kappa shape index (κ2) is 6.83. The molecule has 30 heavy (non-hydrogen) atoms. The van der Waals surface area contributed by atoms with Gasteiger partial charge in [0.05, 0.1) is 35.4 Å². The van der Waals surface area contributed by atoms with E-state index in [0.717, 1.165) is 45.1 Å². The highest BCUT2D eigenvalue weighted by Gasteiger charge is 2.31. The molecule has 0 N–H and O–H groups in total. The molecule has 12 heteroatoms. The molecule has 0 aliphatic rings. The fourth-order valence-electron chi connectivity index (χ4n) is 3.04. The molecule has 4 aromatic rings. The maximum atomic E-state index is 13.1. The highest BCUT2D eigenvalue weighted by atomic mass is 32.2. The Balaban J connectivity index is 1.73. The van der Waals surface area contributed by atoms with Crippen LogP contribution in [0.4, 0.5) is 18.9 Å². The van der Waals surface area contributed by atoms with Gasteiger partial charge in [-0.15, -0.1) is 0 Å². The molecule has 0 saturated heterocycles. The van der Waals surface area contributed by atoms with Crippen molar-refractivity contribution in [1.82, 2.24) is 24.5 Å².